The van der Waals surface area contributed by atoms with Gasteiger partial charge < -0.3 is 19.7 Å². The molecule has 0 atom stereocenters. The van der Waals surface area contributed by atoms with Crippen molar-refractivity contribution in [2.45, 2.75) is 25.8 Å². The zero-order chi connectivity index (χ0) is 18.4. The van der Waals surface area contributed by atoms with Gasteiger partial charge in [-0.05, 0) is 30.5 Å². The fourth-order valence-corrected chi connectivity index (χ4v) is 3.49. The molecule has 1 saturated carbocycles. The third kappa shape index (κ3) is 5.04. The molecule has 1 aliphatic heterocycles. The van der Waals surface area contributed by atoms with Crippen LogP contribution in [0.2, 0.25) is 0 Å². The first-order chi connectivity index (χ1) is 12.7. The van der Waals surface area contributed by atoms with Crippen LogP contribution in [0.1, 0.15) is 24.8 Å². The molecule has 0 unspecified atom stereocenters. The highest BCUT2D eigenvalue weighted by Crippen LogP contribution is 2.31. The normalized spacial score (nSPS) is 18.7. The molecule has 1 aromatic carbocycles. The van der Waals surface area contributed by atoms with Gasteiger partial charge in [-0.2, -0.15) is 0 Å². The van der Waals surface area contributed by atoms with Crippen molar-refractivity contribution in [1.29, 1.82) is 0 Å². The second-order valence-electron chi connectivity index (χ2n) is 7.15. The van der Waals surface area contributed by atoms with Crippen molar-refractivity contribution in [3.05, 3.63) is 23.8 Å². The number of hydrogen-bond donors (Lipinski definition) is 1. The lowest BCUT2D eigenvalue weighted by atomic mass is 10.1. The lowest BCUT2D eigenvalue weighted by Crippen LogP contribution is -2.52. The molecule has 3 rings (SSSR count). The summed E-state index contributed by atoms with van der Waals surface area (Å²) in [6.07, 6.45) is 4.09. The van der Waals surface area contributed by atoms with Gasteiger partial charge in [0.05, 0.1) is 14.2 Å². The third-order valence-corrected chi connectivity index (χ3v) is 5.30. The quantitative estimate of drug-likeness (QED) is 0.597. The molecule has 1 N–H and O–H groups in total. The number of nitrogens with zero attached hydrogens (tertiary/aromatic N) is 3. The Morgan fingerprint density at radius 3 is 2.54 bits per heavy atom. The van der Waals surface area contributed by atoms with Crippen molar-refractivity contribution in [3.63, 3.8) is 0 Å². The minimum absolute atomic E-state index is 0.875. The van der Waals surface area contributed by atoms with Crippen molar-refractivity contribution in [1.82, 2.24) is 15.1 Å². The summed E-state index contributed by atoms with van der Waals surface area (Å²) in [5, 5.41) is 3.53. The van der Waals surface area contributed by atoms with E-state index < -0.39 is 0 Å². The Hall–Kier alpha value is -1.95. The monoisotopic (exact) mass is 360 g/mol. The minimum atomic E-state index is 0.875. The van der Waals surface area contributed by atoms with Gasteiger partial charge in [0.25, 0.3) is 0 Å². The van der Waals surface area contributed by atoms with Crippen LogP contribution in [-0.2, 0) is 6.54 Å². The summed E-state index contributed by atoms with van der Waals surface area (Å²) in [6.45, 7) is 5.94. The summed E-state index contributed by atoms with van der Waals surface area (Å²) < 4.78 is 10.9. The van der Waals surface area contributed by atoms with Crippen LogP contribution in [0.25, 0.3) is 0 Å². The van der Waals surface area contributed by atoms with Crippen LogP contribution in [-0.4, -0.2) is 69.8 Å². The van der Waals surface area contributed by atoms with Gasteiger partial charge in [-0.15, -0.1) is 0 Å². The summed E-state index contributed by atoms with van der Waals surface area (Å²) in [6, 6.07) is 6.00. The van der Waals surface area contributed by atoms with Crippen LogP contribution in [0, 0.1) is 5.92 Å². The van der Waals surface area contributed by atoms with E-state index in [0.29, 0.717) is 0 Å². The Morgan fingerprint density at radius 1 is 1.15 bits per heavy atom. The van der Waals surface area contributed by atoms with Gasteiger partial charge in [-0.3, -0.25) is 9.89 Å². The molecule has 26 heavy (non-hydrogen) atoms. The van der Waals surface area contributed by atoms with E-state index in [9.17, 15) is 0 Å². The predicted molar refractivity (Wildman–Crippen MR) is 105 cm³/mol. The fraction of sp³-hybridized carbons (Fsp3) is 0.650. The maximum Gasteiger partial charge on any atom is 0.193 e. The Morgan fingerprint density at radius 2 is 1.92 bits per heavy atom. The molecule has 6 heteroatoms. The Kier molecular flexibility index (Phi) is 6.61. The van der Waals surface area contributed by atoms with Crippen LogP contribution < -0.4 is 14.8 Å². The van der Waals surface area contributed by atoms with Crippen LogP contribution >= 0.6 is 0 Å². The number of nitrogens with one attached hydrogen (secondary N) is 1. The van der Waals surface area contributed by atoms with Crippen molar-refractivity contribution in [2.24, 2.45) is 10.9 Å². The number of aliphatic imine (C=N–C) groups is 1. The molecular formula is C20H32N4O2. The molecule has 144 valence electrons. The average molecular weight is 361 g/mol. The average Bonchev–Trinajstić information content (AvgIpc) is 3.50. The molecule has 0 spiro atoms. The molecule has 0 bridgehead atoms. The molecule has 1 saturated heterocycles. The van der Waals surface area contributed by atoms with E-state index in [1.165, 1.54) is 24.8 Å². The van der Waals surface area contributed by atoms with Gasteiger partial charge in [0.2, 0.25) is 0 Å². The number of piperazine rings is 1. The Labute approximate surface area is 157 Å². The highest BCUT2D eigenvalue weighted by Gasteiger charge is 2.23. The first-order valence-electron chi connectivity index (χ1n) is 9.62. The summed E-state index contributed by atoms with van der Waals surface area (Å²) in [5.41, 5.74) is 1.17. The Bertz CT molecular complexity index is 608. The maximum atomic E-state index is 5.51. The molecule has 0 amide bonds. The molecule has 2 aliphatic rings. The largest absolute Gasteiger partial charge is 0.497 e. The van der Waals surface area contributed by atoms with Crippen LogP contribution in [0.5, 0.6) is 11.5 Å². The van der Waals surface area contributed by atoms with E-state index >= 15 is 0 Å². The van der Waals surface area contributed by atoms with Crippen molar-refractivity contribution in [3.8, 4) is 11.5 Å². The number of hydrogen-bond acceptors (Lipinski definition) is 4. The highest BCUT2D eigenvalue weighted by molar-refractivity contribution is 5.79. The van der Waals surface area contributed by atoms with Crippen molar-refractivity contribution in [2.75, 3.05) is 54.0 Å². The maximum absolute atomic E-state index is 5.51. The van der Waals surface area contributed by atoms with Crippen molar-refractivity contribution < 1.29 is 9.47 Å². The van der Waals surface area contributed by atoms with E-state index in [1.54, 1.807) is 14.2 Å². The van der Waals surface area contributed by atoms with E-state index in [0.717, 1.165) is 62.6 Å². The van der Waals surface area contributed by atoms with Crippen LogP contribution in [0.4, 0.5) is 0 Å². The molecular weight excluding hydrogens is 328 g/mol. The first-order valence-corrected chi connectivity index (χ1v) is 9.62. The molecule has 1 heterocycles. The van der Waals surface area contributed by atoms with Gasteiger partial charge in [0, 0.05) is 51.9 Å². The fourth-order valence-electron chi connectivity index (χ4n) is 3.49. The summed E-state index contributed by atoms with van der Waals surface area (Å²) in [4.78, 5) is 9.30. The highest BCUT2D eigenvalue weighted by atomic mass is 16.5. The minimum Gasteiger partial charge on any atom is -0.497 e. The zero-order valence-electron chi connectivity index (χ0n) is 16.3. The lowest BCUT2D eigenvalue weighted by molar-refractivity contribution is 0.171. The smallest absolute Gasteiger partial charge is 0.193 e. The van der Waals surface area contributed by atoms with Gasteiger partial charge in [0.15, 0.2) is 5.96 Å². The molecule has 1 aliphatic carbocycles. The molecule has 0 radical (unpaired) electrons. The number of rotatable bonds is 7. The van der Waals surface area contributed by atoms with Crippen LogP contribution in [0.15, 0.2) is 23.2 Å². The summed E-state index contributed by atoms with van der Waals surface area (Å²) >= 11 is 0. The van der Waals surface area contributed by atoms with Gasteiger partial charge >= 0.3 is 0 Å². The SMILES string of the molecule is CN=C(NCCC1CC1)N1CCN(Cc2cc(OC)ccc2OC)CC1. The Balaban J connectivity index is 1.50. The number of methoxy groups -OCH3 is 2. The molecule has 0 aromatic heterocycles. The van der Waals surface area contributed by atoms with Gasteiger partial charge in [0.1, 0.15) is 11.5 Å². The van der Waals surface area contributed by atoms with E-state index in [2.05, 4.69) is 26.2 Å². The van der Waals surface area contributed by atoms with E-state index in [4.69, 9.17) is 9.47 Å². The number of guanidine groups is 1. The van der Waals surface area contributed by atoms with Gasteiger partial charge in [-0.1, -0.05) is 12.8 Å². The van der Waals surface area contributed by atoms with Gasteiger partial charge in [-0.25, -0.2) is 0 Å². The summed E-state index contributed by atoms with van der Waals surface area (Å²) in [5.74, 6) is 3.80. The predicted octanol–water partition coefficient (Wildman–Crippen LogP) is 2.20. The first kappa shape index (κ1) is 18.8. The third-order valence-electron chi connectivity index (χ3n) is 5.30. The second kappa shape index (κ2) is 9.12. The van der Waals surface area contributed by atoms with Crippen molar-refractivity contribution >= 4 is 5.96 Å². The molecule has 2 fully saturated rings. The van der Waals surface area contributed by atoms with E-state index in [1.807, 2.05) is 19.2 Å². The molecule has 1 aromatic rings. The van der Waals surface area contributed by atoms with Crippen LogP contribution in [0.3, 0.4) is 0 Å². The summed E-state index contributed by atoms with van der Waals surface area (Å²) in [7, 11) is 5.31. The zero-order valence-corrected chi connectivity index (χ0v) is 16.3. The standard InChI is InChI=1S/C20H32N4O2/c1-21-20(22-9-8-16-4-5-16)24-12-10-23(11-13-24)15-17-14-18(25-2)6-7-19(17)26-3/h6-7,14,16H,4-5,8-13,15H2,1-3H3,(H,21,22). The number of ether oxygens (including phenoxy) is 2. The number of benzene rings is 1. The second-order valence-corrected chi connectivity index (χ2v) is 7.15. The molecule has 6 nitrogen and oxygen atoms in total. The lowest BCUT2D eigenvalue weighted by Gasteiger charge is -2.36. The topological polar surface area (TPSA) is 49.3 Å². The van der Waals surface area contributed by atoms with E-state index in [-0.39, 0.29) is 0 Å².